The maximum atomic E-state index is 11.8. The predicted molar refractivity (Wildman–Crippen MR) is 75.5 cm³/mol. The van der Waals surface area contributed by atoms with Crippen molar-refractivity contribution in [3.63, 3.8) is 0 Å². The van der Waals surface area contributed by atoms with E-state index < -0.39 is 0 Å². The molecule has 1 heterocycles. The van der Waals surface area contributed by atoms with E-state index in [1.54, 1.807) is 4.68 Å². The van der Waals surface area contributed by atoms with Crippen LogP contribution in [-0.4, -0.2) is 38.2 Å². The first kappa shape index (κ1) is 14.1. The summed E-state index contributed by atoms with van der Waals surface area (Å²) in [6, 6.07) is 7.30. The molecule has 0 atom stereocenters. The van der Waals surface area contributed by atoms with Crippen molar-refractivity contribution in [2.75, 3.05) is 11.9 Å². The molecular weight excluding hydrogens is 256 g/mol. The van der Waals surface area contributed by atoms with Gasteiger partial charge in [-0.3, -0.25) is 4.79 Å². The maximum absolute atomic E-state index is 11.8. The summed E-state index contributed by atoms with van der Waals surface area (Å²) >= 11 is 0. The van der Waals surface area contributed by atoms with Crippen LogP contribution in [0.25, 0.3) is 5.69 Å². The Morgan fingerprint density at radius 2 is 1.95 bits per heavy atom. The zero-order chi connectivity index (χ0) is 14.6. The molecule has 1 amide bonds. The molecule has 0 saturated carbocycles. The molecule has 0 spiro atoms. The maximum Gasteiger partial charge on any atom is 0.238 e. The summed E-state index contributed by atoms with van der Waals surface area (Å²) in [5, 5.41) is 16.9. The molecule has 0 radical (unpaired) electrons. The molecule has 1 aromatic carbocycles. The first-order valence-electron chi connectivity index (χ1n) is 6.32. The molecule has 20 heavy (non-hydrogen) atoms. The van der Waals surface area contributed by atoms with Crippen LogP contribution in [-0.2, 0) is 4.79 Å². The van der Waals surface area contributed by atoms with Gasteiger partial charge in [0.1, 0.15) is 6.33 Å². The van der Waals surface area contributed by atoms with Crippen LogP contribution < -0.4 is 10.6 Å². The van der Waals surface area contributed by atoms with Gasteiger partial charge in [0.25, 0.3) is 0 Å². The molecule has 2 rings (SSSR count). The molecule has 0 bridgehead atoms. The van der Waals surface area contributed by atoms with Crippen LogP contribution in [0.15, 0.2) is 30.6 Å². The minimum Gasteiger partial charge on any atom is -0.325 e. The number of hydrogen-bond acceptors (Lipinski definition) is 5. The summed E-state index contributed by atoms with van der Waals surface area (Å²) in [5.74, 6) is -0.0740. The quantitative estimate of drug-likeness (QED) is 0.868. The number of aromatic nitrogens is 4. The first-order chi connectivity index (χ1) is 9.44. The van der Waals surface area contributed by atoms with Crippen molar-refractivity contribution in [2.24, 2.45) is 0 Å². The van der Waals surface area contributed by atoms with Gasteiger partial charge in [-0.1, -0.05) is 0 Å². The van der Waals surface area contributed by atoms with Crippen molar-refractivity contribution in [3.05, 3.63) is 30.6 Å². The van der Waals surface area contributed by atoms with E-state index in [0.29, 0.717) is 0 Å². The van der Waals surface area contributed by atoms with Gasteiger partial charge in [-0.05, 0) is 55.5 Å². The summed E-state index contributed by atoms with van der Waals surface area (Å²) in [5.41, 5.74) is 1.49. The molecule has 0 saturated heterocycles. The van der Waals surface area contributed by atoms with Crippen molar-refractivity contribution < 1.29 is 4.79 Å². The standard InChI is InChI=1S/C13H18N6O/c1-13(2,3)14-8-12(20)16-10-4-6-11(7-5-10)19-9-15-17-18-19/h4-7,9,14H,8H2,1-3H3,(H,16,20). The molecule has 2 aromatic rings. The zero-order valence-corrected chi connectivity index (χ0v) is 11.8. The van der Waals surface area contributed by atoms with Crippen LogP contribution in [0, 0.1) is 0 Å². The van der Waals surface area contributed by atoms with Crippen molar-refractivity contribution in [3.8, 4) is 5.69 Å². The summed E-state index contributed by atoms with van der Waals surface area (Å²) in [6.07, 6.45) is 1.51. The summed E-state index contributed by atoms with van der Waals surface area (Å²) < 4.78 is 1.55. The fourth-order valence-corrected chi connectivity index (χ4v) is 1.53. The molecule has 0 aliphatic carbocycles. The largest absolute Gasteiger partial charge is 0.325 e. The van der Waals surface area contributed by atoms with Crippen molar-refractivity contribution in [1.82, 2.24) is 25.5 Å². The topological polar surface area (TPSA) is 84.7 Å². The Hall–Kier alpha value is -2.28. The number of benzene rings is 1. The van der Waals surface area contributed by atoms with Gasteiger partial charge in [-0.2, -0.15) is 0 Å². The van der Waals surface area contributed by atoms with Gasteiger partial charge in [0.05, 0.1) is 12.2 Å². The number of carbonyl (C=O) groups excluding carboxylic acids is 1. The van der Waals surface area contributed by atoms with Gasteiger partial charge < -0.3 is 10.6 Å². The summed E-state index contributed by atoms with van der Waals surface area (Å²) in [4.78, 5) is 11.8. The molecule has 2 N–H and O–H groups in total. The number of amides is 1. The summed E-state index contributed by atoms with van der Waals surface area (Å²) in [6.45, 7) is 6.32. The van der Waals surface area contributed by atoms with E-state index in [4.69, 9.17) is 0 Å². The van der Waals surface area contributed by atoms with E-state index in [2.05, 4.69) is 26.2 Å². The Morgan fingerprint density at radius 1 is 1.25 bits per heavy atom. The van der Waals surface area contributed by atoms with E-state index in [9.17, 15) is 4.79 Å². The van der Waals surface area contributed by atoms with Crippen molar-refractivity contribution >= 4 is 11.6 Å². The minimum absolute atomic E-state index is 0.0740. The highest BCUT2D eigenvalue weighted by Gasteiger charge is 2.11. The van der Waals surface area contributed by atoms with E-state index in [1.807, 2.05) is 45.0 Å². The monoisotopic (exact) mass is 274 g/mol. The Bertz CT molecular complexity index is 556. The molecule has 7 heteroatoms. The van der Waals surface area contributed by atoms with Crippen molar-refractivity contribution in [2.45, 2.75) is 26.3 Å². The second-order valence-corrected chi connectivity index (χ2v) is 5.45. The third-order valence-electron chi connectivity index (χ3n) is 2.54. The van der Waals surface area contributed by atoms with Crippen LogP contribution >= 0.6 is 0 Å². The fourth-order valence-electron chi connectivity index (χ4n) is 1.53. The number of hydrogen-bond donors (Lipinski definition) is 2. The minimum atomic E-state index is -0.0821. The lowest BCUT2D eigenvalue weighted by Gasteiger charge is -2.20. The lowest BCUT2D eigenvalue weighted by molar-refractivity contribution is -0.115. The van der Waals surface area contributed by atoms with Gasteiger partial charge in [-0.25, -0.2) is 4.68 Å². The summed E-state index contributed by atoms with van der Waals surface area (Å²) in [7, 11) is 0. The Morgan fingerprint density at radius 3 is 2.50 bits per heavy atom. The van der Waals surface area contributed by atoms with Crippen molar-refractivity contribution in [1.29, 1.82) is 0 Å². The molecule has 0 fully saturated rings. The van der Waals surface area contributed by atoms with E-state index in [0.717, 1.165) is 11.4 Å². The highest BCUT2D eigenvalue weighted by Crippen LogP contribution is 2.11. The third kappa shape index (κ3) is 4.13. The Kier molecular flexibility index (Phi) is 4.09. The second kappa shape index (κ2) is 5.79. The van der Waals surface area contributed by atoms with Crippen LogP contribution in [0.2, 0.25) is 0 Å². The zero-order valence-electron chi connectivity index (χ0n) is 11.8. The molecule has 106 valence electrons. The van der Waals surface area contributed by atoms with Gasteiger partial charge >= 0.3 is 0 Å². The predicted octanol–water partition coefficient (Wildman–Crippen LogP) is 0.989. The van der Waals surface area contributed by atoms with Crippen LogP contribution in [0.4, 0.5) is 5.69 Å². The highest BCUT2D eigenvalue weighted by atomic mass is 16.1. The number of rotatable bonds is 4. The second-order valence-electron chi connectivity index (χ2n) is 5.45. The average Bonchev–Trinajstić information content (AvgIpc) is 2.90. The number of nitrogens with zero attached hydrogens (tertiary/aromatic N) is 4. The molecule has 0 aliphatic heterocycles. The number of tetrazole rings is 1. The highest BCUT2D eigenvalue weighted by molar-refractivity contribution is 5.92. The average molecular weight is 274 g/mol. The lowest BCUT2D eigenvalue weighted by Crippen LogP contribution is -2.41. The SMILES string of the molecule is CC(C)(C)NCC(=O)Nc1ccc(-n2cnnn2)cc1. The van der Waals surface area contributed by atoms with Crippen LogP contribution in [0.3, 0.4) is 0 Å². The number of anilines is 1. The van der Waals surface area contributed by atoms with Gasteiger partial charge in [0, 0.05) is 11.2 Å². The molecular formula is C13H18N6O. The van der Waals surface area contributed by atoms with E-state index >= 15 is 0 Å². The van der Waals surface area contributed by atoms with E-state index in [1.165, 1.54) is 6.33 Å². The van der Waals surface area contributed by atoms with Gasteiger partial charge in [0.2, 0.25) is 5.91 Å². The fraction of sp³-hybridized carbons (Fsp3) is 0.385. The van der Waals surface area contributed by atoms with Crippen LogP contribution in [0.5, 0.6) is 0 Å². The number of carbonyl (C=O) groups is 1. The van der Waals surface area contributed by atoms with Gasteiger partial charge in [0.15, 0.2) is 0 Å². The third-order valence-corrected chi connectivity index (χ3v) is 2.54. The Balaban J connectivity index is 1.92. The van der Waals surface area contributed by atoms with E-state index in [-0.39, 0.29) is 18.0 Å². The first-order valence-corrected chi connectivity index (χ1v) is 6.32. The lowest BCUT2D eigenvalue weighted by atomic mass is 10.1. The molecule has 7 nitrogen and oxygen atoms in total. The Labute approximate surface area is 117 Å². The van der Waals surface area contributed by atoms with Gasteiger partial charge in [-0.15, -0.1) is 5.10 Å². The molecule has 1 aromatic heterocycles. The smallest absolute Gasteiger partial charge is 0.238 e. The number of nitrogens with one attached hydrogen (secondary N) is 2. The molecule has 0 unspecified atom stereocenters. The van der Waals surface area contributed by atoms with Crippen LogP contribution in [0.1, 0.15) is 20.8 Å². The normalized spacial score (nSPS) is 11.3. The molecule has 0 aliphatic rings.